The number of carbonyl (C=O) groups is 1. The lowest BCUT2D eigenvalue weighted by atomic mass is 10.0. The highest BCUT2D eigenvalue weighted by Crippen LogP contribution is 2.38. The van der Waals surface area contributed by atoms with Gasteiger partial charge in [0.1, 0.15) is 0 Å². The molecule has 106 valence electrons. The van der Waals surface area contributed by atoms with Crippen LogP contribution in [0.3, 0.4) is 0 Å². The predicted molar refractivity (Wildman–Crippen MR) is 68.4 cm³/mol. The van der Waals surface area contributed by atoms with Crippen LogP contribution < -0.4 is 0 Å². The van der Waals surface area contributed by atoms with Crippen LogP contribution in [0.2, 0.25) is 0 Å². The number of benzene rings is 1. The molecule has 0 saturated heterocycles. The summed E-state index contributed by atoms with van der Waals surface area (Å²) in [5.41, 5.74) is -0.461. The zero-order valence-electron chi connectivity index (χ0n) is 11.0. The number of alkyl halides is 3. The summed E-state index contributed by atoms with van der Waals surface area (Å²) in [6, 6.07) is 5.03. The minimum Gasteiger partial charge on any atom is -0.298 e. The van der Waals surface area contributed by atoms with E-state index in [1.54, 1.807) is 13.8 Å². The lowest BCUT2D eigenvalue weighted by molar-refractivity contribution is -0.137. The average Bonchev–Trinajstić information content (AvgIpc) is 2.81. The molecule has 3 nitrogen and oxygen atoms in total. The first-order valence-electron chi connectivity index (χ1n) is 6.05. The first-order chi connectivity index (χ1) is 9.36. The number of nitrogens with zero attached hydrogens (tertiary/aromatic N) is 2. The maximum Gasteiger partial charge on any atom is 0.417 e. The highest BCUT2D eigenvalue weighted by atomic mass is 19.4. The minimum atomic E-state index is -4.48. The normalized spacial score (nSPS) is 11.9. The van der Waals surface area contributed by atoms with Gasteiger partial charge in [-0.1, -0.05) is 18.2 Å². The largest absolute Gasteiger partial charge is 0.417 e. The van der Waals surface area contributed by atoms with Crippen molar-refractivity contribution in [1.82, 2.24) is 9.78 Å². The van der Waals surface area contributed by atoms with E-state index in [0.717, 1.165) is 6.07 Å². The Bertz CT molecular complexity index is 630. The molecule has 1 aromatic heterocycles. The van der Waals surface area contributed by atoms with Gasteiger partial charge in [-0.3, -0.25) is 9.48 Å². The lowest BCUT2D eigenvalue weighted by Gasteiger charge is -2.16. The fourth-order valence-electron chi connectivity index (χ4n) is 2.07. The van der Waals surface area contributed by atoms with E-state index in [1.807, 2.05) is 0 Å². The standard InChI is InChI=1S/C14H13F3N2O/c1-9(2)19-13(10(8-20)7-18-19)11-5-3-4-6-12(11)14(15,16)17/h3-9H,1-2H3. The van der Waals surface area contributed by atoms with Gasteiger partial charge in [0, 0.05) is 11.6 Å². The Hall–Kier alpha value is -2.11. The van der Waals surface area contributed by atoms with Gasteiger partial charge >= 0.3 is 6.18 Å². The van der Waals surface area contributed by atoms with Gasteiger partial charge in [-0.2, -0.15) is 18.3 Å². The Morgan fingerprint density at radius 1 is 1.25 bits per heavy atom. The number of hydrogen-bond acceptors (Lipinski definition) is 2. The monoisotopic (exact) mass is 282 g/mol. The Morgan fingerprint density at radius 2 is 1.90 bits per heavy atom. The van der Waals surface area contributed by atoms with Crippen molar-refractivity contribution in [3.8, 4) is 11.3 Å². The van der Waals surface area contributed by atoms with Crippen LogP contribution >= 0.6 is 0 Å². The van der Waals surface area contributed by atoms with E-state index in [9.17, 15) is 18.0 Å². The summed E-state index contributed by atoms with van der Waals surface area (Å²) in [7, 11) is 0. The van der Waals surface area contributed by atoms with Crippen LogP contribution in [0.25, 0.3) is 11.3 Å². The van der Waals surface area contributed by atoms with Gasteiger partial charge in [-0.25, -0.2) is 0 Å². The fourth-order valence-corrected chi connectivity index (χ4v) is 2.07. The summed E-state index contributed by atoms with van der Waals surface area (Å²) in [6.07, 6.45) is -2.67. The molecule has 0 bridgehead atoms. The van der Waals surface area contributed by atoms with Crippen LogP contribution in [0.1, 0.15) is 35.8 Å². The van der Waals surface area contributed by atoms with Gasteiger partial charge in [0.2, 0.25) is 0 Å². The van der Waals surface area contributed by atoms with Crippen molar-refractivity contribution >= 4 is 6.29 Å². The molecule has 0 radical (unpaired) electrons. The van der Waals surface area contributed by atoms with Crippen LogP contribution in [-0.4, -0.2) is 16.1 Å². The fraction of sp³-hybridized carbons (Fsp3) is 0.286. The Labute approximate surface area is 114 Å². The van der Waals surface area contributed by atoms with E-state index < -0.39 is 11.7 Å². The third kappa shape index (κ3) is 2.45. The highest BCUT2D eigenvalue weighted by molar-refractivity contribution is 5.86. The van der Waals surface area contributed by atoms with Crippen LogP contribution in [0.5, 0.6) is 0 Å². The molecule has 2 aromatic rings. The van der Waals surface area contributed by atoms with Gasteiger partial charge in [-0.05, 0) is 19.9 Å². The number of halogens is 3. The molecule has 2 rings (SSSR count). The van der Waals surface area contributed by atoms with E-state index in [0.29, 0.717) is 6.29 Å². The molecule has 1 aromatic carbocycles. The molecule has 0 aliphatic heterocycles. The van der Waals surface area contributed by atoms with E-state index in [1.165, 1.54) is 29.1 Å². The third-order valence-electron chi connectivity index (χ3n) is 2.93. The van der Waals surface area contributed by atoms with Gasteiger partial charge in [0.15, 0.2) is 6.29 Å². The Morgan fingerprint density at radius 3 is 2.45 bits per heavy atom. The quantitative estimate of drug-likeness (QED) is 0.799. The number of aldehydes is 1. The number of aromatic nitrogens is 2. The zero-order valence-corrected chi connectivity index (χ0v) is 11.0. The van der Waals surface area contributed by atoms with Gasteiger partial charge in [-0.15, -0.1) is 0 Å². The smallest absolute Gasteiger partial charge is 0.298 e. The first-order valence-corrected chi connectivity index (χ1v) is 6.05. The Balaban J connectivity index is 2.75. The van der Waals surface area contributed by atoms with Gasteiger partial charge in [0.05, 0.1) is 23.0 Å². The third-order valence-corrected chi connectivity index (χ3v) is 2.93. The molecule has 1 heterocycles. The van der Waals surface area contributed by atoms with Crippen molar-refractivity contribution in [2.24, 2.45) is 0 Å². The zero-order chi connectivity index (χ0) is 14.9. The van der Waals surface area contributed by atoms with Crippen molar-refractivity contribution in [1.29, 1.82) is 0 Å². The van der Waals surface area contributed by atoms with Crippen molar-refractivity contribution in [3.05, 3.63) is 41.6 Å². The van der Waals surface area contributed by atoms with E-state index >= 15 is 0 Å². The SMILES string of the molecule is CC(C)n1ncc(C=O)c1-c1ccccc1C(F)(F)F. The molecular weight excluding hydrogens is 269 g/mol. The van der Waals surface area contributed by atoms with Gasteiger partial charge < -0.3 is 0 Å². The molecule has 0 unspecified atom stereocenters. The van der Waals surface area contributed by atoms with Crippen LogP contribution in [0.4, 0.5) is 13.2 Å². The van der Waals surface area contributed by atoms with Crippen molar-refractivity contribution in [2.45, 2.75) is 26.1 Å². The maximum absolute atomic E-state index is 13.1. The number of rotatable bonds is 3. The second kappa shape index (κ2) is 5.11. The molecule has 20 heavy (non-hydrogen) atoms. The molecule has 0 aliphatic carbocycles. The molecular formula is C14H13F3N2O. The minimum absolute atomic E-state index is 0.0340. The van der Waals surface area contributed by atoms with E-state index in [2.05, 4.69) is 5.10 Å². The summed E-state index contributed by atoms with van der Waals surface area (Å²) in [4.78, 5) is 11.1. The second-order valence-electron chi connectivity index (χ2n) is 4.65. The predicted octanol–water partition coefficient (Wildman–Crippen LogP) is 3.96. The van der Waals surface area contributed by atoms with Crippen molar-refractivity contribution in [2.75, 3.05) is 0 Å². The molecule has 0 fully saturated rings. The van der Waals surface area contributed by atoms with E-state index in [-0.39, 0.29) is 22.9 Å². The van der Waals surface area contributed by atoms with Gasteiger partial charge in [0.25, 0.3) is 0 Å². The van der Waals surface area contributed by atoms with Crippen LogP contribution in [-0.2, 0) is 6.18 Å². The number of hydrogen-bond donors (Lipinski definition) is 0. The number of carbonyl (C=O) groups excluding carboxylic acids is 1. The average molecular weight is 282 g/mol. The molecule has 6 heteroatoms. The Kier molecular flexibility index (Phi) is 3.65. The molecule has 0 atom stereocenters. The molecule has 0 N–H and O–H groups in total. The van der Waals surface area contributed by atoms with Crippen molar-refractivity contribution in [3.63, 3.8) is 0 Å². The topological polar surface area (TPSA) is 34.9 Å². The summed E-state index contributed by atoms with van der Waals surface area (Å²) in [5.74, 6) is 0. The molecule has 0 spiro atoms. The van der Waals surface area contributed by atoms with Crippen molar-refractivity contribution < 1.29 is 18.0 Å². The maximum atomic E-state index is 13.1. The van der Waals surface area contributed by atoms with Crippen LogP contribution in [0, 0.1) is 0 Å². The van der Waals surface area contributed by atoms with Crippen LogP contribution in [0.15, 0.2) is 30.5 Å². The summed E-state index contributed by atoms with van der Waals surface area (Å²) < 4.78 is 40.7. The molecule has 0 aliphatic rings. The molecule has 0 saturated carbocycles. The first kappa shape index (κ1) is 14.3. The van der Waals surface area contributed by atoms with E-state index in [4.69, 9.17) is 0 Å². The summed E-state index contributed by atoms with van der Waals surface area (Å²) >= 11 is 0. The molecule has 0 amide bonds. The lowest BCUT2D eigenvalue weighted by Crippen LogP contribution is -2.11. The summed E-state index contributed by atoms with van der Waals surface area (Å²) in [5, 5.41) is 4.00. The second-order valence-corrected chi connectivity index (χ2v) is 4.65. The highest BCUT2D eigenvalue weighted by Gasteiger charge is 2.34. The summed E-state index contributed by atoms with van der Waals surface area (Å²) in [6.45, 7) is 3.59.